The van der Waals surface area contributed by atoms with Crippen LogP contribution in [-0.4, -0.2) is 36.1 Å². The normalized spacial score (nSPS) is 14.5. The molecular formula is C23H18N2O6. The van der Waals surface area contributed by atoms with Crippen LogP contribution in [0.25, 0.3) is 0 Å². The fourth-order valence-corrected chi connectivity index (χ4v) is 3.02. The first kappa shape index (κ1) is 20.2. The summed E-state index contributed by atoms with van der Waals surface area (Å²) in [6.07, 6.45) is -0.0163. The first-order chi connectivity index (χ1) is 15.0. The summed E-state index contributed by atoms with van der Waals surface area (Å²) in [6, 6.07) is 20.5. The van der Waals surface area contributed by atoms with Gasteiger partial charge in [-0.05, 0) is 36.4 Å². The largest absolute Gasteiger partial charge is 0.491 e. The minimum absolute atomic E-state index is 0.0163. The van der Waals surface area contributed by atoms with Crippen molar-refractivity contribution in [2.24, 2.45) is 0 Å². The van der Waals surface area contributed by atoms with Crippen LogP contribution in [0.3, 0.4) is 0 Å². The van der Waals surface area contributed by atoms with Crippen molar-refractivity contribution in [1.29, 1.82) is 0 Å². The van der Waals surface area contributed by atoms with Gasteiger partial charge in [-0.15, -0.1) is 0 Å². The van der Waals surface area contributed by atoms with Gasteiger partial charge in [0.05, 0.1) is 23.3 Å². The van der Waals surface area contributed by atoms with Crippen LogP contribution in [0.5, 0.6) is 5.75 Å². The molecule has 1 fully saturated rings. The van der Waals surface area contributed by atoms with E-state index in [4.69, 9.17) is 9.47 Å². The number of anilines is 1. The topological polar surface area (TPSA) is 102 Å². The number of carbonyl (C=O) groups excluding carboxylic acids is 2. The molecule has 0 radical (unpaired) electrons. The molecular weight excluding hydrogens is 400 g/mol. The average Bonchev–Trinajstić information content (AvgIpc) is 3.63. The Hall–Kier alpha value is -4.04. The highest BCUT2D eigenvalue weighted by atomic mass is 16.6. The minimum atomic E-state index is -0.802. The van der Waals surface area contributed by atoms with Gasteiger partial charge in [0.1, 0.15) is 24.0 Å². The molecule has 0 bridgehead atoms. The van der Waals surface area contributed by atoms with Crippen molar-refractivity contribution in [3.63, 3.8) is 0 Å². The van der Waals surface area contributed by atoms with Crippen molar-refractivity contribution in [1.82, 2.24) is 0 Å². The molecule has 0 spiro atoms. The van der Waals surface area contributed by atoms with E-state index in [1.807, 2.05) is 0 Å². The van der Waals surface area contributed by atoms with Crippen LogP contribution in [0.15, 0.2) is 78.9 Å². The molecule has 1 saturated heterocycles. The SMILES string of the molecule is O=C(c1ccccc1)N(C(=O)c1ccc(OCC2CO2)cc1[N+](=O)[O-])c1ccccc1. The fourth-order valence-electron chi connectivity index (χ4n) is 3.02. The van der Waals surface area contributed by atoms with Gasteiger partial charge in [0, 0.05) is 5.56 Å². The Labute approximate surface area is 177 Å². The summed E-state index contributed by atoms with van der Waals surface area (Å²) in [7, 11) is 0. The lowest BCUT2D eigenvalue weighted by Gasteiger charge is -2.21. The van der Waals surface area contributed by atoms with Gasteiger partial charge in [-0.3, -0.25) is 19.7 Å². The van der Waals surface area contributed by atoms with Crippen molar-refractivity contribution < 1.29 is 24.0 Å². The number of nitro benzene ring substituents is 1. The predicted octanol–water partition coefficient (Wildman–Crippen LogP) is 3.86. The van der Waals surface area contributed by atoms with E-state index in [0.29, 0.717) is 12.3 Å². The van der Waals surface area contributed by atoms with E-state index in [9.17, 15) is 19.7 Å². The second-order valence-electron chi connectivity index (χ2n) is 6.85. The Morgan fingerprint density at radius 2 is 1.65 bits per heavy atom. The van der Waals surface area contributed by atoms with Gasteiger partial charge in [-0.25, -0.2) is 4.90 Å². The molecule has 31 heavy (non-hydrogen) atoms. The summed E-state index contributed by atoms with van der Waals surface area (Å²) in [5.74, 6) is -1.14. The molecule has 1 aliphatic rings. The second-order valence-corrected chi connectivity index (χ2v) is 6.85. The Kier molecular flexibility index (Phi) is 5.72. The van der Waals surface area contributed by atoms with E-state index < -0.39 is 22.4 Å². The van der Waals surface area contributed by atoms with E-state index >= 15 is 0 Å². The van der Waals surface area contributed by atoms with Crippen LogP contribution in [0.2, 0.25) is 0 Å². The van der Waals surface area contributed by atoms with E-state index in [0.717, 1.165) is 4.90 Å². The van der Waals surface area contributed by atoms with E-state index in [-0.39, 0.29) is 29.6 Å². The summed E-state index contributed by atoms with van der Waals surface area (Å²) in [4.78, 5) is 38.6. The lowest BCUT2D eigenvalue weighted by atomic mass is 10.1. The standard InChI is InChI=1S/C23H18N2O6/c26-22(16-7-3-1-4-8-16)24(17-9-5-2-6-10-17)23(27)20-12-11-18(13-21(20)25(28)29)30-14-19-15-31-19/h1-13,19H,14-15H2. The van der Waals surface area contributed by atoms with E-state index in [2.05, 4.69) is 0 Å². The number of benzene rings is 3. The van der Waals surface area contributed by atoms with Crippen molar-refractivity contribution in [2.45, 2.75) is 6.10 Å². The number of carbonyl (C=O) groups is 2. The Balaban J connectivity index is 1.72. The van der Waals surface area contributed by atoms with Crippen molar-refractivity contribution in [2.75, 3.05) is 18.1 Å². The first-order valence-corrected chi connectivity index (χ1v) is 9.56. The predicted molar refractivity (Wildman–Crippen MR) is 112 cm³/mol. The molecule has 156 valence electrons. The van der Waals surface area contributed by atoms with Crippen LogP contribution < -0.4 is 9.64 Å². The lowest BCUT2D eigenvalue weighted by Crippen LogP contribution is -2.37. The van der Waals surface area contributed by atoms with Crippen LogP contribution in [0, 0.1) is 10.1 Å². The molecule has 0 saturated carbocycles. The monoisotopic (exact) mass is 418 g/mol. The number of rotatable bonds is 7. The molecule has 1 atom stereocenters. The maximum absolute atomic E-state index is 13.4. The van der Waals surface area contributed by atoms with Crippen molar-refractivity contribution in [3.8, 4) is 5.75 Å². The third kappa shape index (κ3) is 4.59. The summed E-state index contributed by atoms with van der Waals surface area (Å²) in [6.45, 7) is 0.860. The molecule has 8 nitrogen and oxygen atoms in total. The number of hydrogen-bond donors (Lipinski definition) is 0. The average molecular weight is 418 g/mol. The molecule has 8 heteroatoms. The van der Waals surface area contributed by atoms with E-state index in [1.165, 1.54) is 18.2 Å². The van der Waals surface area contributed by atoms with Gasteiger partial charge in [0.25, 0.3) is 17.5 Å². The van der Waals surface area contributed by atoms with Gasteiger partial charge < -0.3 is 9.47 Å². The molecule has 1 heterocycles. The van der Waals surface area contributed by atoms with Gasteiger partial charge >= 0.3 is 0 Å². The lowest BCUT2D eigenvalue weighted by molar-refractivity contribution is -0.385. The summed E-state index contributed by atoms with van der Waals surface area (Å²) in [5, 5.41) is 11.7. The molecule has 0 aliphatic carbocycles. The Bertz CT molecular complexity index is 1110. The van der Waals surface area contributed by atoms with Crippen molar-refractivity contribution in [3.05, 3.63) is 100 Å². The Morgan fingerprint density at radius 3 is 2.26 bits per heavy atom. The molecule has 2 amide bonds. The van der Waals surface area contributed by atoms with Crippen LogP contribution >= 0.6 is 0 Å². The maximum Gasteiger partial charge on any atom is 0.285 e. The Morgan fingerprint density at radius 1 is 1.00 bits per heavy atom. The number of hydrogen-bond acceptors (Lipinski definition) is 6. The maximum atomic E-state index is 13.4. The van der Waals surface area contributed by atoms with Crippen LogP contribution in [-0.2, 0) is 4.74 Å². The molecule has 0 N–H and O–H groups in total. The number of nitrogens with zero attached hydrogens (tertiary/aromatic N) is 2. The molecule has 1 unspecified atom stereocenters. The van der Waals surface area contributed by atoms with Crippen molar-refractivity contribution >= 4 is 23.2 Å². The summed E-state index contributed by atoms with van der Waals surface area (Å²) in [5.41, 5.74) is -0.0669. The highest BCUT2D eigenvalue weighted by Gasteiger charge is 2.31. The third-order valence-electron chi connectivity index (χ3n) is 4.68. The number of amides is 2. The van der Waals surface area contributed by atoms with Gasteiger partial charge in [-0.2, -0.15) is 0 Å². The summed E-state index contributed by atoms with van der Waals surface area (Å²) >= 11 is 0. The molecule has 3 aromatic carbocycles. The second kappa shape index (κ2) is 8.76. The zero-order chi connectivity index (χ0) is 21.8. The minimum Gasteiger partial charge on any atom is -0.491 e. The zero-order valence-electron chi connectivity index (χ0n) is 16.3. The number of ether oxygens (including phenoxy) is 2. The number of para-hydroxylation sites is 1. The van der Waals surface area contributed by atoms with Gasteiger partial charge in [0.15, 0.2) is 0 Å². The first-order valence-electron chi connectivity index (χ1n) is 9.56. The van der Waals surface area contributed by atoms with Crippen LogP contribution in [0.4, 0.5) is 11.4 Å². The smallest absolute Gasteiger partial charge is 0.285 e. The molecule has 1 aliphatic heterocycles. The zero-order valence-corrected chi connectivity index (χ0v) is 16.3. The number of nitro groups is 1. The quantitative estimate of drug-likeness (QED) is 0.250. The highest BCUT2D eigenvalue weighted by Crippen LogP contribution is 2.29. The third-order valence-corrected chi connectivity index (χ3v) is 4.68. The molecule has 0 aromatic heterocycles. The highest BCUT2D eigenvalue weighted by molar-refractivity contribution is 6.26. The molecule has 3 aromatic rings. The fraction of sp³-hybridized carbons (Fsp3) is 0.130. The number of epoxide rings is 1. The molecule has 4 rings (SSSR count). The number of imide groups is 1. The van der Waals surface area contributed by atoms with Gasteiger partial charge in [0.2, 0.25) is 0 Å². The van der Waals surface area contributed by atoms with E-state index in [1.54, 1.807) is 60.7 Å². The van der Waals surface area contributed by atoms with Gasteiger partial charge in [-0.1, -0.05) is 36.4 Å². The summed E-state index contributed by atoms with van der Waals surface area (Å²) < 4.78 is 10.6. The van der Waals surface area contributed by atoms with Crippen LogP contribution in [0.1, 0.15) is 20.7 Å².